The molecule has 1 amide bonds. The highest BCUT2D eigenvalue weighted by molar-refractivity contribution is 6.06. The lowest BCUT2D eigenvalue weighted by Crippen LogP contribution is -2.27. The Labute approximate surface area is 168 Å². The van der Waals surface area contributed by atoms with Crippen LogP contribution in [0.2, 0.25) is 0 Å². The normalized spacial score (nSPS) is 11.8. The number of pyridine rings is 1. The van der Waals surface area contributed by atoms with Crippen molar-refractivity contribution in [3.63, 3.8) is 0 Å². The number of nitrogens with zero attached hydrogens (tertiary/aromatic N) is 1. The number of nitrogens with one attached hydrogen (secondary N) is 1. The van der Waals surface area contributed by atoms with Crippen LogP contribution in [0.1, 0.15) is 34.6 Å². The SMILES string of the molecule is COc1cc(C(C)NC(=O)c2cc(C)nc3cc(F)ccc23)cc(OC)c1OC. The molecule has 6 nitrogen and oxygen atoms in total. The summed E-state index contributed by atoms with van der Waals surface area (Å²) >= 11 is 0. The van der Waals surface area contributed by atoms with Gasteiger partial charge in [0.05, 0.1) is 38.5 Å². The van der Waals surface area contributed by atoms with E-state index in [-0.39, 0.29) is 11.9 Å². The molecule has 0 aliphatic carbocycles. The van der Waals surface area contributed by atoms with E-state index in [0.717, 1.165) is 5.56 Å². The first-order chi connectivity index (χ1) is 13.9. The molecule has 0 aliphatic rings. The standard InChI is InChI=1S/C22H23FN2O4/c1-12-8-17(16-7-6-15(23)11-18(16)24-12)22(26)25-13(2)14-9-19(27-3)21(29-5)20(10-14)28-4/h6-11,13H,1-5H3,(H,25,26). The van der Waals surface area contributed by atoms with Crippen molar-refractivity contribution in [1.29, 1.82) is 0 Å². The molecule has 29 heavy (non-hydrogen) atoms. The number of hydrogen-bond acceptors (Lipinski definition) is 5. The molecular formula is C22H23FN2O4. The Morgan fingerprint density at radius 2 is 1.69 bits per heavy atom. The molecule has 2 aromatic carbocycles. The number of halogens is 1. The van der Waals surface area contributed by atoms with Crippen molar-refractivity contribution in [1.82, 2.24) is 10.3 Å². The van der Waals surface area contributed by atoms with Crippen LogP contribution >= 0.6 is 0 Å². The second-order valence-corrected chi connectivity index (χ2v) is 6.63. The van der Waals surface area contributed by atoms with E-state index >= 15 is 0 Å². The number of methoxy groups -OCH3 is 3. The Hall–Kier alpha value is -3.35. The molecule has 7 heteroatoms. The molecule has 1 N–H and O–H groups in total. The maximum absolute atomic E-state index is 13.6. The summed E-state index contributed by atoms with van der Waals surface area (Å²) < 4.78 is 29.7. The molecule has 3 aromatic rings. The van der Waals surface area contributed by atoms with Crippen LogP contribution in [0.3, 0.4) is 0 Å². The Morgan fingerprint density at radius 3 is 2.28 bits per heavy atom. The molecule has 0 radical (unpaired) electrons. The number of fused-ring (bicyclic) bond motifs is 1. The van der Waals surface area contributed by atoms with Gasteiger partial charge < -0.3 is 19.5 Å². The third kappa shape index (κ3) is 4.08. The van der Waals surface area contributed by atoms with Gasteiger partial charge in [-0.25, -0.2) is 4.39 Å². The van der Waals surface area contributed by atoms with Crippen LogP contribution in [0.5, 0.6) is 17.2 Å². The van der Waals surface area contributed by atoms with Gasteiger partial charge in [0.25, 0.3) is 5.91 Å². The van der Waals surface area contributed by atoms with Crippen molar-refractivity contribution in [3.05, 3.63) is 59.0 Å². The van der Waals surface area contributed by atoms with Crippen molar-refractivity contribution in [2.24, 2.45) is 0 Å². The van der Waals surface area contributed by atoms with Gasteiger partial charge in [0.1, 0.15) is 5.82 Å². The number of carbonyl (C=O) groups excluding carboxylic acids is 1. The van der Waals surface area contributed by atoms with E-state index in [4.69, 9.17) is 14.2 Å². The summed E-state index contributed by atoms with van der Waals surface area (Å²) in [5, 5.41) is 3.56. The van der Waals surface area contributed by atoms with Gasteiger partial charge in [0.15, 0.2) is 11.5 Å². The smallest absolute Gasteiger partial charge is 0.252 e. The first-order valence-corrected chi connectivity index (χ1v) is 9.05. The average Bonchev–Trinajstić information content (AvgIpc) is 2.71. The molecule has 3 rings (SSSR count). The number of aromatic nitrogens is 1. The number of rotatable bonds is 6. The number of benzene rings is 2. The van der Waals surface area contributed by atoms with E-state index in [2.05, 4.69) is 10.3 Å². The predicted molar refractivity (Wildman–Crippen MR) is 108 cm³/mol. The van der Waals surface area contributed by atoms with Crippen LogP contribution < -0.4 is 19.5 Å². The Bertz CT molecular complexity index is 1040. The minimum absolute atomic E-state index is 0.284. The van der Waals surface area contributed by atoms with Crippen molar-refractivity contribution < 1.29 is 23.4 Å². The second kappa shape index (κ2) is 8.34. The Balaban J connectivity index is 1.95. The molecule has 1 aromatic heterocycles. The van der Waals surface area contributed by atoms with Gasteiger partial charge >= 0.3 is 0 Å². The lowest BCUT2D eigenvalue weighted by Gasteiger charge is -2.19. The van der Waals surface area contributed by atoms with Crippen LogP contribution in [0.4, 0.5) is 4.39 Å². The molecule has 0 saturated heterocycles. The van der Waals surface area contributed by atoms with Crippen molar-refractivity contribution in [2.45, 2.75) is 19.9 Å². The summed E-state index contributed by atoms with van der Waals surface area (Å²) in [5.41, 5.74) is 2.30. The molecule has 0 bridgehead atoms. The molecule has 0 saturated carbocycles. The van der Waals surface area contributed by atoms with Gasteiger partial charge in [0, 0.05) is 17.1 Å². The number of hydrogen-bond donors (Lipinski definition) is 1. The van der Waals surface area contributed by atoms with Crippen LogP contribution in [0.25, 0.3) is 10.9 Å². The minimum atomic E-state index is -0.396. The minimum Gasteiger partial charge on any atom is -0.493 e. The summed E-state index contributed by atoms with van der Waals surface area (Å²) in [6.07, 6.45) is 0. The van der Waals surface area contributed by atoms with Gasteiger partial charge in [-0.2, -0.15) is 0 Å². The summed E-state index contributed by atoms with van der Waals surface area (Å²) in [6.45, 7) is 3.62. The highest BCUT2D eigenvalue weighted by Gasteiger charge is 2.19. The third-order valence-corrected chi connectivity index (χ3v) is 4.68. The zero-order valence-electron chi connectivity index (χ0n) is 17.0. The van der Waals surface area contributed by atoms with E-state index in [1.165, 1.54) is 33.5 Å². The summed E-state index contributed by atoms with van der Waals surface area (Å²) in [5.74, 6) is 0.809. The fraction of sp³-hybridized carbons (Fsp3) is 0.273. The monoisotopic (exact) mass is 398 g/mol. The van der Waals surface area contributed by atoms with Gasteiger partial charge in [0.2, 0.25) is 5.75 Å². The predicted octanol–water partition coefficient (Wildman–Crippen LogP) is 4.20. The van der Waals surface area contributed by atoms with Crippen molar-refractivity contribution >= 4 is 16.8 Å². The lowest BCUT2D eigenvalue weighted by atomic mass is 10.0. The maximum atomic E-state index is 13.6. The average molecular weight is 398 g/mol. The largest absolute Gasteiger partial charge is 0.493 e. The highest BCUT2D eigenvalue weighted by Crippen LogP contribution is 2.39. The Morgan fingerprint density at radius 1 is 1.03 bits per heavy atom. The summed E-state index contributed by atoms with van der Waals surface area (Å²) in [6, 6.07) is 9.13. The van der Waals surface area contributed by atoms with Crippen molar-refractivity contribution in [3.8, 4) is 17.2 Å². The van der Waals surface area contributed by atoms with E-state index in [1.807, 2.05) is 6.92 Å². The maximum Gasteiger partial charge on any atom is 0.252 e. The molecule has 1 atom stereocenters. The number of ether oxygens (including phenoxy) is 3. The van der Waals surface area contributed by atoms with E-state index < -0.39 is 5.82 Å². The first-order valence-electron chi connectivity index (χ1n) is 9.05. The number of carbonyl (C=O) groups is 1. The molecule has 1 heterocycles. The van der Waals surface area contributed by atoms with E-state index in [9.17, 15) is 9.18 Å². The zero-order valence-corrected chi connectivity index (χ0v) is 17.0. The van der Waals surface area contributed by atoms with Gasteiger partial charge in [-0.1, -0.05) is 0 Å². The summed E-state index contributed by atoms with van der Waals surface area (Å²) in [7, 11) is 4.61. The quantitative estimate of drug-likeness (QED) is 0.674. The molecule has 0 spiro atoms. The van der Waals surface area contributed by atoms with Crippen LogP contribution in [0, 0.1) is 12.7 Å². The van der Waals surface area contributed by atoms with Gasteiger partial charge in [-0.3, -0.25) is 9.78 Å². The van der Waals surface area contributed by atoms with Crippen LogP contribution in [0.15, 0.2) is 36.4 Å². The van der Waals surface area contributed by atoms with Gasteiger partial charge in [-0.15, -0.1) is 0 Å². The zero-order chi connectivity index (χ0) is 21.1. The Kier molecular flexibility index (Phi) is 5.87. The second-order valence-electron chi connectivity index (χ2n) is 6.63. The molecular weight excluding hydrogens is 375 g/mol. The molecule has 152 valence electrons. The number of aryl methyl sites for hydroxylation is 1. The number of amides is 1. The molecule has 0 fully saturated rings. The van der Waals surface area contributed by atoms with Crippen molar-refractivity contribution in [2.75, 3.05) is 21.3 Å². The third-order valence-electron chi connectivity index (χ3n) is 4.68. The topological polar surface area (TPSA) is 69.7 Å². The fourth-order valence-corrected chi connectivity index (χ4v) is 3.23. The summed E-state index contributed by atoms with van der Waals surface area (Å²) in [4.78, 5) is 17.3. The van der Waals surface area contributed by atoms with Gasteiger partial charge in [-0.05, 0) is 49.7 Å². The van der Waals surface area contributed by atoms with E-state index in [0.29, 0.717) is 39.4 Å². The first kappa shape index (κ1) is 20.4. The van der Waals surface area contributed by atoms with Crippen LogP contribution in [-0.4, -0.2) is 32.2 Å². The highest BCUT2D eigenvalue weighted by atomic mass is 19.1. The molecule has 0 aliphatic heterocycles. The molecule has 1 unspecified atom stereocenters. The lowest BCUT2D eigenvalue weighted by molar-refractivity contribution is 0.0941. The van der Waals surface area contributed by atoms with Crippen LogP contribution in [-0.2, 0) is 0 Å². The van der Waals surface area contributed by atoms with E-state index in [1.54, 1.807) is 31.2 Å². The fourth-order valence-electron chi connectivity index (χ4n) is 3.23.